The third-order valence-corrected chi connectivity index (χ3v) is 7.24. The lowest BCUT2D eigenvalue weighted by atomic mass is 9.99. The van der Waals surface area contributed by atoms with Crippen molar-refractivity contribution in [3.63, 3.8) is 0 Å². The summed E-state index contributed by atoms with van der Waals surface area (Å²) in [5, 5.41) is 12.6. The average Bonchev–Trinajstić information content (AvgIpc) is 3.29. The van der Waals surface area contributed by atoms with Crippen molar-refractivity contribution in [2.24, 2.45) is 0 Å². The molecule has 0 aromatic heterocycles. The first-order chi connectivity index (χ1) is 16.7. The molecule has 1 N–H and O–H groups in total. The normalized spacial score (nSPS) is 22.6. The van der Waals surface area contributed by atoms with Crippen LogP contribution in [0.4, 0.5) is 5.69 Å². The summed E-state index contributed by atoms with van der Waals surface area (Å²) in [5.74, 6) is -0.201. The van der Waals surface area contributed by atoms with Crippen molar-refractivity contribution in [3.05, 3.63) is 63.7 Å². The molecule has 8 heteroatoms. The molecule has 2 unspecified atom stereocenters. The highest BCUT2D eigenvalue weighted by Crippen LogP contribution is 2.30. The molecule has 0 radical (unpaired) electrons. The molecule has 2 heterocycles. The van der Waals surface area contributed by atoms with Gasteiger partial charge in [0.2, 0.25) is 0 Å². The second-order valence-electron chi connectivity index (χ2n) is 9.65. The van der Waals surface area contributed by atoms with Crippen LogP contribution in [0.25, 0.3) is 0 Å². The molecule has 2 atom stereocenters. The summed E-state index contributed by atoms with van der Waals surface area (Å²) in [7, 11) is 0. The SMILES string of the molecule is Cc1c(CN2CCN(C(=O)C3(C)CCCO3)C(C)C2)cc(Cl)cc1NC(=O)c1cccc(C#N)c1. The minimum atomic E-state index is -0.695. The number of amides is 2. The molecule has 2 fully saturated rings. The van der Waals surface area contributed by atoms with Crippen molar-refractivity contribution >= 4 is 29.1 Å². The third kappa shape index (κ3) is 5.51. The Morgan fingerprint density at radius 2 is 2.09 bits per heavy atom. The number of nitrogens with zero attached hydrogens (tertiary/aromatic N) is 3. The van der Waals surface area contributed by atoms with Crippen LogP contribution in [0.1, 0.15) is 53.7 Å². The number of ether oxygens (including phenoxy) is 1. The standard InChI is InChI=1S/C27H31ClN4O3/c1-18-16-31(9-10-32(18)26(34)27(3)8-5-11-35-27)17-22-13-23(28)14-24(19(22)2)30-25(33)21-7-4-6-20(12-21)15-29/h4,6-7,12-14,18H,5,8-11,16-17H2,1-3H3,(H,30,33). The fourth-order valence-corrected chi connectivity index (χ4v) is 5.17. The van der Waals surface area contributed by atoms with E-state index in [4.69, 9.17) is 21.6 Å². The zero-order valence-corrected chi connectivity index (χ0v) is 21.2. The van der Waals surface area contributed by atoms with E-state index in [-0.39, 0.29) is 17.9 Å². The number of halogens is 1. The molecule has 2 aromatic carbocycles. The lowest BCUT2D eigenvalue weighted by molar-refractivity contribution is -0.155. The van der Waals surface area contributed by atoms with Crippen LogP contribution in [0.5, 0.6) is 0 Å². The Bertz CT molecular complexity index is 1170. The zero-order valence-electron chi connectivity index (χ0n) is 20.4. The van der Waals surface area contributed by atoms with Crippen LogP contribution in [0, 0.1) is 18.3 Å². The molecule has 4 rings (SSSR count). The smallest absolute Gasteiger partial charge is 0.255 e. The van der Waals surface area contributed by atoms with Crippen molar-refractivity contribution in [3.8, 4) is 6.07 Å². The Hall–Kier alpha value is -2.92. The van der Waals surface area contributed by atoms with Gasteiger partial charge in [-0.15, -0.1) is 0 Å². The van der Waals surface area contributed by atoms with Crippen LogP contribution < -0.4 is 5.32 Å². The first-order valence-electron chi connectivity index (χ1n) is 12.0. The van der Waals surface area contributed by atoms with Crippen molar-refractivity contribution in [2.75, 3.05) is 31.6 Å². The van der Waals surface area contributed by atoms with E-state index in [1.165, 1.54) is 0 Å². The minimum Gasteiger partial charge on any atom is -0.365 e. The van der Waals surface area contributed by atoms with Gasteiger partial charge in [0.05, 0.1) is 11.6 Å². The summed E-state index contributed by atoms with van der Waals surface area (Å²) in [4.78, 5) is 30.2. The fraction of sp³-hybridized carbons (Fsp3) is 0.444. The Labute approximate surface area is 211 Å². The monoisotopic (exact) mass is 494 g/mol. The zero-order chi connectivity index (χ0) is 25.2. The summed E-state index contributed by atoms with van der Waals surface area (Å²) in [5.41, 5.74) is 2.77. The topological polar surface area (TPSA) is 85.7 Å². The number of piperazine rings is 1. The molecule has 2 aliphatic heterocycles. The molecular weight excluding hydrogens is 464 g/mol. The van der Waals surface area contributed by atoms with Gasteiger partial charge in [-0.1, -0.05) is 17.7 Å². The molecule has 0 saturated carbocycles. The number of carbonyl (C=O) groups excluding carboxylic acids is 2. The highest BCUT2D eigenvalue weighted by molar-refractivity contribution is 6.31. The van der Waals surface area contributed by atoms with Gasteiger partial charge in [0.1, 0.15) is 5.60 Å². The molecule has 2 aromatic rings. The summed E-state index contributed by atoms with van der Waals surface area (Å²) in [6.45, 7) is 9.41. The molecule has 2 aliphatic rings. The first-order valence-corrected chi connectivity index (χ1v) is 12.4. The predicted molar refractivity (Wildman–Crippen MR) is 135 cm³/mol. The van der Waals surface area contributed by atoms with E-state index in [0.29, 0.717) is 41.5 Å². The summed E-state index contributed by atoms with van der Waals surface area (Å²) in [6.07, 6.45) is 1.70. The Balaban J connectivity index is 1.44. The minimum absolute atomic E-state index is 0.0725. The van der Waals surface area contributed by atoms with Gasteiger partial charge >= 0.3 is 0 Å². The Kier molecular flexibility index (Phi) is 7.46. The van der Waals surface area contributed by atoms with E-state index < -0.39 is 5.60 Å². The van der Waals surface area contributed by atoms with Gasteiger partial charge < -0.3 is 15.0 Å². The van der Waals surface area contributed by atoms with Crippen LogP contribution >= 0.6 is 11.6 Å². The number of nitrogens with one attached hydrogen (secondary N) is 1. The number of carbonyl (C=O) groups is 2. The second-order valence-corrected chi connectivity index (χ2v) is 10.1. The average molecular weight is 495 g/mol. The van der Waals surface area contributed by atoms with Gasteiger partial charge in [-0.3, -0.25) is 14.5 Å². The van der Waals surface area contributed by atoms with Gasteiger partial charge in [0.15, 0.2) is 0 Å². The van der Waals surface area contributed by atoms with E-state index in [1.807, 2.05) is 24.8 Å². The maximum Gasteiger partial charge on any atom is 0.255 e. The number of nitriles is 1. The summed E-state index contributed by atoms with van der Waals surface area (Å²) >= 11 is 6.42. The highest BCUT2D eigenvalue weighted by Gasteiger charge is 2.43. The van der Waals surface area contributed by atoms with Gasteiger partial charge in [0, 0.05) is 55.1 Å². The molecular formula is C27H31ClN4O3. The van der Waals surface area contributed by atoms with Gasteiger partial charge in [-0.25, -0.2) is 0 Å². The van der Waals surface area contributed by atoms with Crippen LogP contribution in [0.2, 0.25) is 5.02 Å². The Morgan fingerprint density at radius 1 is 1.29 bits per heavy atom. The van der Waals surface area contributed by atoms with Crippen LogP contribution in [0.15, 0.2) is 36.4 Å². The maximum absolute atomic E-state index is 13.1. The molecule has 2 amide bonds. The fourth-order valence-electron chi connectivity index (χ4n) is 4.92. The summed E-state index contributed by atoms with van der Waals surface area (Å²) < 4.78 is 5.78. The van der Waals surface area contributed by atoms with E-state index >= 15 is 0 Å². The molecule has 0 aliphatic carbocycles. The molecule has 7 nitrogen and oxygen atoms in total. The van der Waals surface area contributed by atoms with Crippen molar-refractivity contribution < 1.29 is 14.3 Å². The summed E-state index contributed by atoms with van der Waals surface area (Å²) in [6, 6.07) is 12.4. The van der Waals surface area contributed by atoms with Crippen molar-refractivity contribution in [1.82, 2.24) is 9.80 Å². The predicted octanol–water partition coefficient (Wildman–Crippen LogP) is 4.37. The molecule has 184 valence electrons. The van der Waals surface area contributed by atoms with Crippen molar-refractivity contribution in [2.45, 2.75) is 51.8 Å². The van der Waals surface area contributed by atoms with Gasteiger partial charge in [0.25, 0.3) is 11.8 Å². The number of hydrogen-bond donors (Lipinski definition) is 1. The third-order valence-electron chi connectivity index (χ3n) is 7.02. The van der Waals surface area contributed by atoms with Crippen LogP contribution in [-0.2, 0) is 16.1 Å². The van der Waals surface area contributed by atoms with E-state index in [0.717, 1.165) is 37.1 Å². The maximum atomic E-state index is 13.1. The molecule has 2 saturated heterocycles. The lowest BCUT2D eigenvalue weighted by Crippen LogP contribution is -2.58. The van der Waals surface area contributed by atoms with E-state index in [1.54, 1.807) is 30.3 Å². The number of rotatable bonds is 5. The van der Waals surface area contributed by atoms with E-state index in [9.17, 15) is 9.59 Å². The molecule has 35 heavy (non-hydrogen) atoms. The van der Waals surface area contributed by atoms with E-state index in [2.05, 4.69) is 23.2 Å². The Morgan fingerprint density at radius 3 is 2.77 bits per heavy atom. The van der Waals surface area contributed by atoms with Crippen LogP contribution in [0.3, 0.4) is 0 Å². The second kappa shape index (κ2) is 10.4. The number of hydrogen-bond acceptors (Lipinski definition) is 5. The number of benzene rings is 2. The quantitative estimate of drug-likeness (QED) is 0.667. The van der Waals surface area contributed by atoms with Gasteiger partial charge in [-0.05, 0) is 75.1 Å². The highest BCUT2D eigenvalue weighted by atomic mass is 35.5. The first kappa shape index (κ1) is 25.2. The lowest BCUT2D eigenvalue weighted by Gasteiger charge is -2.42. The van der Waals surface area contributed by atoms with Crippen molar-refractivity contribution in [1.29, 1.82) is 5.26 Å². The molecule has 0 spiro atoms. The number of anilines is 1. The van der Waals surface area contributed by atoms with Gasteiger partial charge in [-0.2, -0.15) is 5.26 Å². The molecule has 0 bridgehead atoms. The van der Waals surface area contributed by atoms with Crippen LogP contribution in [-0.4, -0.2) is 59.5 Å². The largest absolute Gasteiger partial charge is 0.365 e.